The minimum Gasteiger partial charge on any atom is -0.497 e. The van der Waals surface area contributed by atoms with E-state index in [2.05, 4.69) is 10.3 Å². The molecule has 2 aromatic rings. The SMILES string of the molecule is COc1ccc(OCCN=C(N)Nc2cccc(C)c2)cc1.I. The van der Waals surface area contributed by atoms with Gasteiger partial charge in [-0.15, -0.1) is 24.0 Å². The first kappa shape index (κ1) is 19.1. The molecule has 0 spiro atoms. The van der Waals surface area contributed by atoms with Gasteiger partial charge in [0.1, 0.15) is 18.1 Å². The van der Waals surface area contributed by atoms with E-state index < -0.39 is 0 Å². The summed E-state index contributed by atoms with van der Waals surface area (Å²) >= 11 is 0. The number of rotatable bonds is 6. The van der Waals surface area contributed by atoms with Crippen LogP contribution in [0.4, 0.5) is 5.69 Å². The van der Waals surface area contributed by atoms with E-state index in [0.717, 1.165) is 17.2 Å². The first-order valence-corrected chi connectivity index (χ1v) is 7.08. The van der Waals surface area contributed by atoms with E-state index in [0.29, 0.717) is 19.1 Å². The second-order valence-electron chi connectivity index (χ2n) is 4.79. The van der Waals surface area contributed by atoms with Crippen molar-refractivity contribution in [2.75, 3.05) is 25.6 Å². The monoisotopic (exact) mass is 427 g/mol. The molecule has 6 heteroatoms. The van der Waals surface area contributed by atoms with Gasteiger partial charge in [0, 0.05) is 5.69 Å². The number of halogens is 1. The Morgan fingerprint density at radius 3 is 2.48 bits per heavy atom. The number of benzene rings is 2. The van der Waals surface area contributed by atoms with Crippen molar-refractivity contribution in [3.63, 3.8) is 0 Å². The molecule has 0 saturated heterocycles. The van der Waals surface area contributed by atoms with Gasteiger partial charge in [0.2, 0.25) is 0 Å². The topological polar surface area (TPSA) is 68.9 Å². The minimum atomic E-state index is 0. The Labute approximate surface area is 153 Å². The fourth-order valence-corrected chi connectivity index (χ4v) is 1.91. The van der Waals surface area contributed by atoms with Crippen molar-refractivity contribution >= 4 is 35.6 Å². The zero-order valence-electron chi connectivity index (χ0n) is 13.3. The molecule has 0 aromatic heterocycles. The molecule has 0 unspecified atom stereocenters. The minimum absolute atomic E-state index is 0. The number of nitrogens with zero attached hydrogens (tertiary/aromatic N) is 1. The Balaban J connectivity index is 0.00000264. The number of aryl methyl sites for hydroxylation is 1. The number of anilines is 1. The maximum absolute atomic E-state index is 5.84. The standard InChI is InChI=1S/C17H21N3O2.HI/c1-13-4-3-5-14(12-13)20-17(18)19-10-11-22-16-8-6-15(21-2)7-9-16;/h3-9,12H,10-11H2,1-2H3,(H3,18,19,20);1H. The Kier molecular flexibility index (Phi) is 8.25. The van der Waals surface area contributed by atoms with Crippen molar-refractivity contribution in [1.82, 2.24) is 0 Å². The van der Waals surface area contributed by atoms with Gasteiger partial charge in [-0.3, -0.25) is 0 Å². The number of hydrogen-bond donors (Lipinski definition) is 2. The van der Waals surface area contributed by atoms with Crippen molar-refractivity contribution in [3.05, 3.63) is 54.1 Å². The van der Waals surface area contributed by atoms with Gasteiger partial charge in [0.05, 0.1) is 13.7 Å². The van der Waals surface area contributed by atoms with Crippen molar-refractivity contribution in [3.8, 4) is 11.5 Å². The predicted octanol–water partition coefficient (Wildman–Crippen LogP) is 3.43. The summed E-state index contributed by atoms with van der Waals surface area (Å²) in [5.41, 5.74) is 7.94. The van der Waals surface area contributed by atoms with Crippen molar-refractivity contribution in [2.45, 2.75) is 6.92 Å². The molecule has 0 fully saturated rings. The van der Waals surface area contributed by atoms with Gasteiger partial charge in [-0.2, -0.15) is 0 Å². The molecule has 124 valence electrons. The lowest BCUT2D eigenvalue weighted by Crippen LogP contribution is -2.23. The van der Waals surface area contributed by atoms with Crippen molar-refractivity contribution in [2.24, 2.45) is 10.7 Å². The van der Waals surface area contributed by atoms with Crippen LogP contribution in [0.25, 0.3) is 0 Å². The molecule has 2 aromatic carbocycles. The van der Waals surface area contributed by atoms with Crippen LogP contribution in [0.2, 0.25) is 0 Å². The predicted molar refractivity (Wildman–Crippen MR) is 105 cm³/mol. The largest absolute Gasteiger partial charge is 0.497 e. The molecule has 0 heterocycles. The highest BCUT2D eigenvalue weighted by Gasteiger charge is 1.97. The molecule has 0 radical (unpaired) electrons. The molecule has 0 aliphatic carbocycles. The third-order valence-corrected chi connectivity index (χ3v) is 2.99. The van der Waals surface area contributed by atoms with Gasteiger partial charge in [-0.05, 0) is 48.9 Å². The number of nitrogens with two attached hydrogens (primary N) is 1. The number of guanidine groups is 1. The number of ether oxygens (including phenoxy) is 2. The fraction of sp³-hybridized carbons (Fsp3) is 0.235. The van der Waals surface area contributed by atoms with Gasteiger partial charge in [-0.1, -0.05) is 12.1 Å². The van der Waals surface area contributed by atoms with Crippen LogP contribution in [0.15, 0.2) is 53.5 Å². The van der Waals surface area contributed by atoms with E-state index in [9.17, 15) is 0 Å². The molecular formula is C17H22IN3O2. The summed E-state index contributed by atoms with van der Waals surface area (Å²) in [5, 5.41) is 3.05. The number of hydrogen-bond acceptors (Lipinski definition) is 3. The Hall–Kier alpha value is -1.96. The number of aliphatic imine (C=N–C) groups is 1. The van der Waals surface area contributed by atoms with Crippen LogP contribution in [0.1, 0.15) is 5.56 Å². The lowest BCUT2D eigenvalue weighted by molar-refractivity contribution is 0.327. The normalized spacial score (nSPS) is 10.6. The average molecular weight is 427 g/mol. The van der Waals surface area contributed by atoms with Crippen LogP contribution in [-0.2, 0) is 0 Å². The summed E-state index contributed by atoms with van der Waals surface area (Å²) in [5.74, 6) is 1.96. The first-order valence-electron chi connectivity index (χ1n) is 7.08. The Morgan fingerprint density at radius 1 is 1.13 bits per heavy atom. The zero-order valence-corrected chi connectivity index (χ0v) is 15.6. The second-order valence-corrected chi connectivity index (χ2v) is 4.79. The third kappa shape index (κ3) is 6.77. The maximum Gasteiger partial charge on any atom is 0.193 e. The highest BCUT2D eigenvalue weighted by molar-refractivity contribution is 14.0. The second kappa shape index (κ2) is 9.94. The number of nitrogens with one attached hydrogen (secondary N) is 1. The first-order chi connectivity index (χ1) is 10.7. The van der Waals surface area contributed by atoms with E-state index in [1.807, 2.05) is 55.5 Å². The average Bonchev–Trinajstić information content (AvgIpc) is 2.52. The molecule has 0 saturated carbocycles. The highest BCUT2D eigenvalue weighted by atomic mass is 127. The summed E-state index contributed by atoms with van der Waals surface area (Å²) < 4.78 is 10.7. The molecule has 0 atom stereocenters. The van der Waals surface area contributed by atoms with E-state index in [4.69, 9.17) is 15.2 Å². The zero-order chi connectivity index (χ0) is 15.8. The summed E-state index contributed by atoms with van der Waals surface area (Å²) in [6.07, 6.45) is 0. The van der Waals surface area contributed by atoms with Crippen LogP contribution in [0.5, 0.6) is 11.5 Å². The van der Waals surface area contributed by atoms with Crippen LogP contribution in [-0.4, -0.2) is 26.2 Å². The Bertz CT molecular complexity index is 630. The van der Waals surface area contributed by atoms with Crippen LogP contribution in [0.3, 0.4) is 0 Å². The van der Waals surface area contributed by atoms with E-state index in [-0.39, 0.29) is 24.0 Å². The van der Waals surface area contributed by atoms with Gasteiger partial charge in [0.25, 0.3) is 0 Å². The van der Waals surface area contributed by atoms with Crippen LogP contribution in [0, 0.1) is 6.92 Å². The quantitative estimate of drug-likeness (QED) is 0.321. The third-order valence-electron chi connectivity index (χ3n) is 2.99. The van der Waals surface area contributed by atoms with Gasteiger partial charge in [0.15, 0.2) is 5.96 Å². The highest BCUT2D eigenvalue weighted by Crippen LogP contribution is 2.16. The van der Waals surface area contributed by atoms with Crippen molar-refractivity contribution < 1.29 is 9.47 Å². The fourth-order valence-electron chi connectivity index (χ4n) is 1.91. The lowest BCUT2D eigenvalue weighted by atomic mass is 10.2. The molecule has 0 aliphatic heterocycles. The Morgan fingerprint density at radius 2 is 1.83 bits per heavy atom. The summed E-state index contributed by atoms with van der Waals surface area (Å²) in [6.45, 7) is 2.97. The summed E-state index contributed by atoms with van der Waals surface area (Å²) in [4.78, 5) is 4.23. The molecule has 23 heavy (non-hydrogen) atoms. The number of methoxy groups -OCH3 is 1. The van der Waals surface area contributed by atoms with E-state index in [1.54, 1.807) is 7.11 Å². The van der Waals surface area contributed by atoms with E-state index >= 15 is 0 Å². The maximum atomic E-state index is 5.84. The van der Waals surface area contributed by atoms with Crippen LogP contribution < -0.4 is 20.5 Å². The van der Waals surface area contributed by atoms with Gasteiger partial charge in [-0.25, -0.2) is 4.99 Å². The van der Waals surface area contributed by atoms with E-state index in [1.165, 1.54) is 5.56 Å². The van der Waals surface area contributed by atoms with Crippen LogP contribution >= 0.6 is 24.0 Å². The lowest BCUT2D eigenvalue weighted by Gasteiger charge is -2.07. The van der Waals surface area contributed by atoms with Gasteiger partial charge < -0.3 is 20.5 Å². The molecular weight excluding hydrogens is 405 g/mol. The van der Waals surface area contributed by atoms with Gasteiger partial charge >= 0.3 is 0 Å². The smallest absolute Gasteiger partial charge is 0.193 e. The molecule has 5 nitrogen and oxygen atoms in total. The molecule has 0 aliphatic rings. The molecule has 0 bridgehead atoms. The van der Waals surface area contributed by atoms with Crippen molar-refractivity contribution in [1.29, 1.82) is 0 Å². The molecule has 0 amide bonds. The molecule has 3 N–H and O–H groups in total. The summed E-state index contributed by atoms with van der Waals surface area (Å²) in [7, 11) is 1.63. The molecule has 2 rings (SSSR count). The summed E-state index contributed by atoms with van der Waals surface area (Å²) in [6, 6.07) is 15.4.